The van der Waals surface area contributed by atoms with E-state index >= 15 is 0 Å². The van der Waals surface area contributed by atoms with Gasteiger partial charge in [-0.25, -0.2) is 0 Å². The number of ether oxygens (including phenoxy) is 2. The summed E-state index contributed by atoms with van der Waals surface area (Å²) < 4.78 is 16.9. The lowest BCUT2D eigenvalue weighted by Gasteiger charge is -2.30. The number of fused-ring (bicyclic) bond motifs is 2. The van der Waals surface area contributed by atoms with Crippen molar-refractivity contribution in [1.29, 1.82) is 0 Å². The molecule has 0 saturated carbocycles. The van der Waals surface area contributed by atoms with Crippen molar-refractivity contribution < 1.29 is 28.6 Å². The van der Waals surface area contributed by atoms with Gasteiger partial charge in [0.25, 0.3) is 0 Å². The van der Waals surface area contributed by atoms with Crippen molar-refractivity contribution in [3.63, 3.8) is 0 Å². The van der Waals surface area contributed by atoms with E-state index in [2.05, 4.69) is 0 Å². The first-order valence-corrected chi connectivity index (χ1v) is 11.8. The van der Waals surface area contributed by atoms with E-state index in [-0.39, 0.29) is 46.3 Å². The van der Waals surface area contributed by atoms with Crippen LogP contribution in [-0.2, 0) is 9.59 Å². The molecule has 3 atom stereocenters. The molecule has 1 aliphatic heterocycles. The van der Waals surface area contributed by atoms with Gasteiger partial charge < -0.3 is 19.0 Å². The Morgan fingerprint density at radius 2 is 1.78 bits per heavy atom. The molecular weight excluding hydrogens is 462 g/mol. The average Bonchev–Trinajstić information content (AvgIpc) is 3.11. The van der Waals surface area contributed by atoms with Crippen LogP contribution in [0, 0.1) is 11.8 Å². The normalized spacial score (nSPS) is 21.5. The lowest BCUT2D eigenvalue weighted by atomic mass is 9.71. The van der Waals surface area contributed by atoms with Crippen LogP contribution in [-0.4, -0.2) is 42.6 Å². The number of amides is 2. The third-order valence-electron chi connectivity index (χ3n) is 7.19. The van der Waals surface area contributed by atoms with Crippen molar-refractivity contribution in [3.8, 4) is 28.6 Å². The summed E-state index contributed by atoms with van der Waals surface area (Å²) in [6, 6.07) is 9.78. The number of nitrogens with zero attached hydrogens (tertiary/aromatic N) is 1. The smallest absolute Gasteiger partial charge is 0.234 e. The number of carbonyl (C=O) groups excluding carboxylic acids is 2. The molecule has 2 amide bonds. The Hall–Kier alpha value is -4.07. The highest BCUT2D eigenvalue weighted by molar-refractivity contribution is 6.06. The number of rotatable bonds is 5. The van der Waals surface area contributed by atoms with Crippen molar-refractivity contribution >= 4 is 22.8 Å². The third kappa shape index (κ3) is 3.56. The Bertz CT molecular complexity index is 1470. The average molecular weight is 490 g/mol. The van der Waals surface area contributed by atoms with Crippen LogP contribution < -0.4 is 14.9 Å². The fourth-order valence-electron chi connectivity index (χ4n) is 5.52. The van der Waals surface area contributed by atoms with E-state index in [4.69, 9.17) is 13.9 Å². The molecule has 36 heavy (non-hydrogen) atoms. The summed E-state index contributed by atoms with van der Waals surface area (Å²) in [7, 11) is 2.97. The van der Waals surface area contributed by atoms with Crippen LogP contribution in [0.1, 0.15) is 31.7 Å². The summed E-state index contributed by atoms with van der Waals surface area (Å²) in [6.07, 6.45) is 2.37. The first-order chi connectivity index (χ1) is 17.3. The molecule has 0 spiro atoms. The highest BCUT2D eigenvalue weighted by atomic mass is 16.5. The van der Waals surface area contributed by atoms with E-state index in [9.17, 15) is 19.5 Å². The second-order valence-corrected chi connectivity index (χ2v) is 9.22. The van der Waals surface area contributed by atoms with E-state index in [1.165, 1.54) is 24.1 Å². The fourth-order valence-corrected chi connectivity index (χ4v) is 5.52. The highest BCUT2D eigenvalue weighted by Gasteiger charge is 2.52. The molecule has 1 aliphatic carbocycles. The summed E-state index contributed by atoms with van der Waals surface area (Å²) in [4.78, 5) is 40.9. The van der Waals surface area contributed by atoms with Gasteiger partial charge in [0.05, 0.1) is 26.1 Å². The number of aromatic hydroxyl groups is 1. The van der Waals surface area contributed by atoms with E-state index in [0.29, 0.717) is 29.1 Å². The Kier molecular flexibility index (Phi) is 5.82. The number of carbonyl (C=O) groups is 2. The van der Waals surface area contributed by atoms with Crippen LogP contribution in [0.5, 0.6) is 17.2 Å². The molecule has 8 heteroatoms. The van der Waals surface area contributed by atoms with Crippen LogP contribution in [0.4, 0.5) is 0 Å². The lowest BCUT2D eigenvalue weighted by molar-refractivity contribution is -0.139. The Balaban J connectivity index is 1.78. The van der Waals surface area contributed by atoms with E-state index in [1.807, 2.05) is 13.0 Å². The van der Waals surface area contributed by atoms with E-state index < -0.39 is 17.8 Å². The van der Waals surface area contributed by atoms with Gasteiger partial charge in [-0.1, -0.05) is 11.6 Å². The van der Waals surface area contributed by atoms with E-state index in [0.717, 1.165) is 5.57 Å². The van der Waals surface area contributed by atoms with Gasteiger partial charge in [0, 0.05) is 35.7 Å². The molecule has 0 unspecified atom stereocenters. The molecule has 1 aromatic heterocycles. The van der Waals surface area contributed by atoms with Gasteiger partial charge in [0.1, 0.15) is 34.0 Å². The Morgan fingerprint density at radius 3 is 2.42 bits per heavy atom. The molecule has 5 rings (SSSR count). The molecule has 1 saturated heterocycles. The summed E-state index contributed by atoms with van der Waals surface area (Å²) in [5.74, 6) is -1.42. The van der Waals surface area contributed by atoms with E-state index in [1.54, 1.807) is 38.3 Å². The quantitative estimate of drug-likeness (QED) is 0.422. The largest absolute Gasteiger partial charge is 0.507 e. The van der Waals surface area contributed by atoms with Crippen LogP contribution in [0.2, 0.25) is 0 Å². The molecule has 2 aliphatic rings. The molecule has 2 heterocycles. The minimum atomic E-state index is -0.696. The minimum absolute atomic E-state index is 0.134. The van der Waals surface area contributed by atoms with Crippen molar-refractivity contribution in [2.75, 3.05) is 20.8 Å². The standard InChI is InChI=1S/C28H27NO7/c1-5-29-27(32)18-11-14(2)10-17(23(18)28(29)33)24-19(30)13-22(35-4)25-20(31)12-21(36-26(24)25)15-6-8-16(34-3)9-7-15/h6-10,12-13,17-18,23,30H,5,11H2,1-4H3/t17-,18-,23+/m0/s1. The number of imide groups is 1. The number of phenolic OH excluding ortho intramolecular Hbond substituents is 1. The Labute approximate surface area is 207 Å². The highest BCUT2D eigenvalue weighted by Crippen LogP contribution is 2.50. The van der Waals surface area contributed by atoms with Crippen LogP contribution in [0.15, 0.2) is 57.3 Å². The molecule has 3 aromatic rings. The second kappa shape index (κ2) is 8.86. The number of hydrogen-bond donors (Lipinski definition) is 1. The van der Waals surface area contributed by atoms with Gasteiger partial charge in [-0.2, -0.15) is 0 Å². The molecule has 0 bridgehead atoms. The third-order valence-corrected chi connectivity index (χ3v) is 7.19. The van der Waals surface area contributed by atoms with Crippen molar-refractivity contribution in [3.05, 3.63) is 63.8 Å². The second-order valence-electron chi connectivity index (χ2n) is 9.22. The minimum Gasteiger partial charge on any atom is -0.507 e. The van der Waals surface area contributed by atoms with Crippen molar-refractivity contribution in [2.24, 2.45) is 11.8 Å². The van der Waals surface area contributed by atoms with Crippen molar-refractivity contribution in [1.82, 2.24) is 4.90 Å². The van der Waals surface area contributed by atoms with Gasteiger partial charge in [0.15, 0.2) is 5.43 Å². The summed E-state index contributed by atoms with van der Waals surface area (Å²) in [5.41, 5.74) is 1.65. The number of hydrogen-bond acceptors (Lipinski definition) is 7. The maximum atomic E-state index is 13.3. The summed E-state index contributed by atoms with van der Waals surface area (Å²) in [6.45, 7) is 3.95. The number of methoxy groups -OCH3 is 2. The van der Waals surface area contributed by atoms with Gasteiger partial charge in [-0.15, -0.1) is 0 Å². The zero-order chi connectivity index (χ0) is 25.7. The van der Waals surface area contributed by atoms with Gasteiger partial charge in [-0.05, 0) is 44.5 Å². The number of phenols is 1. The molecule has 1 N–H and O–H groups in total. The maximum Gasteiger partial charge on any atom is 0.234 e. The number of likely N-dealkylation sites (tertiary alicyclic amines) is 1. The SMILES string of the molecule is CCN1C(=O)[C@H]2[C@H](CC(C)=C[C@@H]2c2c(O)cc(OC)c3c(=O)cc(-c4ccc(OC)cc4)oc23)C1=O. The lowest BCUT2D eigenvalue weighted by Crippen LogP contribution is -2.31. The molecule has 2 aromatic carbocycles. The Morgan fingerprint density at radius 1 is 1.06 bits per heavy atom. The monoisotopic (exact) mass is 489 g/mol. The molecule has 1 fully saturated rings. The predicted octanol–water partition coefficient (Wildman–Crippen LogP) is 4.24. The zero-order valence-electron chi connectivity index (χ0n) is 20.5. The molecular formula is C28H27NO7. The number of benzene rings is 2. The van der Waals surface area contributed by atoms with Crippen LogP contribution in [0.3, 0.4) is 0 Å². The van der Waals surface area contributed by atoms with Crippen molar-refractivity contribution in [2.45, 2.75) is 26.2 Å². The molecule has 186 valence electrons. The fraction of sp³-hybridized carbons (Fsp3) is 0.321. The summed E-state index contributed by atoms with van der Waals surface area (Å²) in [5, 5.41) is 11.3. The van der Waals surface area contributed by atoms with Gasteiger partial charge in [0.2, 0.25) is 11.8 Å². The molecule has 0 radical (unpaired) electrons. The summed E-state index contributed by atoms with van der Waals surface area (Å²) >= 11 is 0. The van der Waals surface area contributed by atoms with Gasteiger partial charge >= 0.3 is 0 Å². The van der Waals surface area contributed by atoms with Gasteiger partial charge in [-0.3, -0.25) is 19.3 Å². The van der Waals surface area contributed by atoms with Crippen LogP contribution >= 0.6 is 0 Å². The maximum absolute atomic E-state index is 13.3. The first kappa shape index (κ1) is 23.7. The number of allylic oxidation sites excluding steroid dienone is 2. The zero-order valence-corrected chi connectivity index (χ0v) is 20.5. The predicted molar refractivity (Wildman–Crippen MR) is 133 cm³/mol. The molecule has 8 nitrogen and oxygen atoms in total. The topological polar surface area (TPSA) is 106 Å². The first-order valence-electron chi connectivity index (χ1n) is 11.8. The van der Waals surface area contributed by atoms with Crippen LogP contribution in [0.25, 0.3) is 22.3 Å².